The molecule has 0 saturated heterocycles. The van der Waals surface area contributed by atoms with E-state index < -0.39 is 11.6 Å². The van der Waals surface area contributed by atoms with Crippen molar-refractivity contribution in [2.45, 2.75) is 45.2 Å². The molecule has 0 aliphatic carbocycles. The Hall–Kier alpha value is -2.04. The number of fused-ring (bicyclic) bond motifs is 1. The van der Waals surface area contributed by atoms with Gasteiger partial charge < -0.3 is 10.2 Å². The number of carbonyl (C=O) groups excluding carboxylic acids is 2. The number of benzene rings is 2. The highest BCUT2D eigenvalue weighted by atomic mass is 35.5. The van der Waals surface area contributed by atoms with E-state index in [4.69, 9.17) is 23.2 Å². The molecule has 1 aliphatic rings. The number of rotatable bonds is 4. The molecule has 0 radical (unpaired) electrons. The normalized spacial score (nSPS) is 17.4. The minimum absolute atomic E-state index is 0.0379. The predicted octanol–water partition coefficient (Wildman–Crippen LogP) is 5.21. The van der Waals surface area contributed by atoms with Crippen LogP contribution in [0.15, 0.2) is 42.5 Å². The van der Waals surface area contributed by atoms with Crippen LogP contribution in [0.4, 0.5) is 0 Å². The number of nitrogens with zero attached hydrogens (tertiary/aromatic N) is 1. The Balaban J connectivity index is 1.94. The maximum absolute atomic E-state index is 13.1. The second-order valence-electron chi connectivity index (χ2n) is 8.28. The van der Waals surface area contributed by atoms with Crippen molar-refractivity contribution in [2.24, 2.45) is 0 Å². The molecule has 0 spiro atoms. The van der Waals surface area contributed by atoms with Gasteiger partial charge in [-0.05, 0) is 68.1 Å². The van der Waals surface area contributed by atoms with E-state index in [2.05, 4.69) is 5.32 Å². The van der Waals surface area contributed by atoms with Crippen molar-refractivity contribution in [3.63, 3.8) is 0 Å². The zero-order valence-electron chi connectivity index (χ0n) is 16.4. The van der Waals surface area contributed by atoms with Gasteiger partial charge in [0, 0.05) is 27.7 Å². The fraction of sp³-hybridized carbons (Fsp3) is 0.364. The average molecular weight is 419 g/mol. The molecule has 6 heteroatoms. The summed E-state index contributed by atoms with van der Waals surface area (Å²) >= 11 is 12.1. The second kappa shape index (κ2) is 7.76. The molecule has 3 rings (SSSR count). The molecule has 2 atom stereocenters. The maximum atomic E-state index is 13.1. The number of hydrogen-bond donors (Lipinski definition) is 1. The van der Waals surface area contributed by atoms with E-state index in [0.717, 1.165) is 5.56 Å². The van der Waals surface area contributed by atoms with Gasteiger partial charge in [-0.1, -0.05) is 42.3 Å². The molecule has 4 nitrogen and oxygen atoms in total. The lowest BCUT2D eigenvalue weighted by Crippen LogP contribution is -2.47. The first-order chi connectivity index (χ1) is 13.1. The Morgan fingerprint density at radius 1 is 1.11 bits per heavy atom. The third kappa shape index (κ3) is 4.34. The third-order valence-electron chi connectivity index (χ3n) is 4.77. The van der Waals surface area contributed by atoms with Gasteiger partial charge in [0.05, 0.1) is 0 Å². The van der Waals surface area contributed by atoms with Crippen molar-refractivity contribution in [1.29, 1.82) is 0 Å². The highest BCUT2D eigenvalue weighted by Crippen LogP contribution is 2.37. The first-order valence-corrected chi connectivity index (χ1v) is 10.0. The summed E-state index contributed by atoms with van der Waals surface area (Å²) in [7, 11) is 0. The Kier molecular flexibility index (Phi) is 5.74. The summed E-state index contributed by atoms with van der Waals surface area (Å²) in [5.41, 5.74) is 1.83. The van der Waals surface area contributed by atoms with Crippen LogP contribution in [0.1, 0.15) is 61.1 Å². The molecule has 2 aromatic rings. The lowest BCUT2D eigenvalue weighted by Gasteiger charge is -2.30. The van der Waals surface area contributed by atoms with Crippen LogP contribution in [0.2, 0.25) is 10.0 Å². The summed E-state index contributed by atoms with van der Waals surface area (Å²) in [5.74, 6) is -0.317. The Morgan fingerprint density at radius 3 is 2.32 bits per heavy atom. The van der Waals surface area contributed by atoms with Gasteiger partial charge in [0.2, 0.25) is 5.91 Å². The van der Waals surface area contributed by atoms with E-state index >= 15 is 0 Å². The highest BCUT2D eigenvalue weighted by Gasteiger charge is 2.42. The second-order valence-corrected chi connectivity index (χ2v) is 9.16. The van der Waals surface area contributed by atoms with Gasteiger partial charge in [-0.3, -0.25) is 9.59 Å². The van der Waals surface area contributed by atoms with Gasteiger partial charge in [-0.2, -0.15) is 0 Å². The van der Waals surface area contributed by atoms with E-state index in [1.807, 2.05) is 52.0 Å². The molecular weight excluding hydrogens is 395 g/mol. The maximum Gasteiger partial charge on any atom is 0.255 e. The zero-order chi connectivity index (χ0) is 20.6. The number of halogens is 2. The highest BCUT2D eigenvalue weighted by molar-refractivity contribution is 6.31. The fourth-order valence-corrected chi connectivity index (χ4v) is 3.80. The van der Waals surface area contributed by atoms with E-state index in [-0.39, 0.29) is 17.7 Å². The molecule has 0 fully saturated rings. The summed E-state index contributed by atoms with van der Waals surface area (Å²) in [5, 5.41) is 4.17. The van der Waals surface area contributed by atoms with Gasteiger partial charge in [0.25, 0.3) is 5.91 Å². The van der Waals surface area contributed by atoms with Gasteiger partial charge >= 0.3 is 0 Å². The van der Waals surface area contributed by atoms with E-state index in [1.165, 1.54) is 0 Å². The van der Waals surface area contributed by atoms with Crippen molar-refractivity contribution in [1.82, 2.24) is 10.2 Å². The number of carbonyl (C=O) groups is 2. The first-order valence-electron chi connectivity index (χ1n) is 9.25. The molecule has 1 heterocycles. The summed E-state index contributed by atoms with van der Waals surface area (Å²) in [6.07, 6.45) is 0. The van der Waals surface area contributed by atoms with Crippen molar-refractivity contribution < 1.29 is 9.59 Å². The molecule has 0 bridgehead atoms. The lowest BCUT2D eigenvalue weighted by atomic mass is 9.99. The van der Waals surface area contributed by atoms with Crippen LogP contribution in [0.5, 0.6) is 0 Å². The van der Waals surface area contributed by atoms with Crippen LogP contribution in [0.3, 0.4) is 0 Å². The number of amides is 2. The molecule has 28 heavy (non-hydrogen) atoms. The minimum atomic E-state index is -0.699. The summed E-state index contributed by atoms with van der Waals surface area (Å²) in [4.78, 5) is 27.8. The summed E-state index contributed by atoms with van der Waals surface area (Å²) < 4.78 is 0. The summed E-state index contributed by atoms with van der Waals surface area (Å²) in [6, 6.07) is 12.0. The lowest BCUT2D eigenvalue weighted by molar-refractivity contribution is -0.127. The van der Waals surface area contributed by atoms with Gasteiger partial charge in [-0.15, -0.1) is 0 Å². The molecule has 2 aromatic carbocycles. The number of nitrogens with one attached hydrogen (secondary N) is 1. The summed E-state index contributed by atoms with van der Waals surface area (Å²) in [6.45, 7) is 8.20. The molecule has 2 amide bonds. The van der Waals surface area contributed by atoms with Crippen LogP contribution in [0.25, 0.3) is 0 Å². The Morgan fingerprint density at radius 2 is 1.71 bits per heavy atom. The van der Waals surface area contributed by atoms with Crippen molar-refractivity contribution >= 4 is 35.0 Å². The van der Waals surface area contributed by atoms with Crippen molar-refractivity contribution in [3.8, 4) is 0 Å². The topological polar surface area (TPSA) is 49.4 Å². The van der Waals surface area contributed by atoms with Crippen molar-refractivity contribution in [2.75, 3.05) is 6.54 Å². The smallest absolute Gasteiger partial charge is 0.255 e. The number of hydrogen-bond acceptors (Lipinski definition) is 2. The van der Waals surface area contributed by atoms with Crippen LogP contribution in [0, 0.1) is 0 Å². The standard InChI is InChI=1S/C22H24Cl2N2O2/c1-13(14-5-7-15(23)8-6-14)12-26-19(20(27)25-22(2,3)4)18-11-16(24)9-10-17(18)21(26)28/h5-11,13,19H,12H2,1-4H3,(H,25,27). The molecule has 0 saturated carbocycles. The minimum Gasteiger partial charge on any atom is -0.349 e. The molecule has 0 aromatic heterocycles. The van der Waals surface area contributed by atoms with E-state index in [0.29, 0.717) is 27.7 Å². The SMILES string of the molecule is CC(CN1C(=O)c2ccc(Cl)cc2C1C(=O)NC(C)(C)C)c1ccc(Cl)cc1. The van der Waals surface area contributed by atoms with Crippen LogP contribution in [-0.4, -0.2) is 28.8 Å². The average Bonchev–Trinajstić information content (AvgIpc) is 2.85. The van der Waals surface area contributed by atoms with Gasteiger partial charge in [-0.25, -0.2) is 0 Å². The van der Waals surface area contributed by atoms with Crippen LogP contribution in [-0.2, 0) is 4.79 Å². The zero-order valence-corrected chi connectivity index (χ0v) is 17.9. The predicted molar refractivity (Wildman–Crippen MR) is 113 cm³/mol. The fourth-order valence-electron chi connectivity index (χ4n) is 3.50. The molecule has 148 valence electrons. The Bertz CT molecular complexity index is 904. The van der Waals surface area contributed by atoms with Gasteiger partial charge in [0.1, 0.15) is 6.04 Å². The molecule has 2 unspecified atom stereocenters. The van der Waals surface area contributed by atoms with Crippen LogP contribution < -0.4 is 5.32 Å². The molecular formula is C22H24Cl2N2O2. The third-order valence-corrected chi connectivity index (χ3v) is 5.25. The molecule has 1 aliphatic heterocycles. The molecule has 1 N–H and O–H groups in total. The van der Waals surface area contributed by atoms with Crippen LogP contribution >= 0.6 is 23.2 Å². The van der Waals surface area contributed by atoms with Crippen molar-refractivity contribution in [3.05, 3.63) is 69.2 Å². The van der Waals surface area contributed by atoms with Gasteiger partial charge in [0.15, 0.2) is 0 Å². The van der Waals surface area contributed by atoms with E-state index in [1.54, 1.807) is 23.1 Å². The first kappa shape index (κ1) is 20.7. The van der Waals surface area contributed by atoms with E-state index in [9.17, 15) is 9.59 Å². The quantitative estimate of drug-likeness (QED) is 0.740. The largest absolute Gasteiger partial charge is 0.349 e. The Labute approximate surface area is 175 Å². The monoisotopic (exact) mass is 418 g/mol.